The Labute approximate surface area is 144 Å². The van der Waals surface area contributed by atoms with E-state index in [-0.39, 0.29) is 20.6 Å². The van der Waals surface area contributed by atoms with Crippen molar-refractivity contribution in [3.63, 3.8) is 0 Å². The van der Waals surface area contributed by atoms with Gasteiger partial charge in [-0.2, -0.15) is 26.3 Å². The first-order valence-corrected chi connectivity index (χ1v) is 7.72. The van der Waals surface area contributed by atoms with Gasteiger partial charge in [0.2, 0.25) is 0 Å². The van der Waals surface area contributed by atoms with E-state index in [2.05, 4.69) is 31.6 Å². The van der Waals surface area contributed by atoms with Gasteiger partial charge >= 0.3 is 18.0 Å². The number of aromatic nitrogens is 2. The molecule has 0 aliphatic rings. The topological polar surface area (TPSA) is 25.8 Å². The van der Waals surface area contributed by atoms with Gasteiger partial charge in [0.1, 0.15) is 0 Å². The van der Waals surface area contributed by atoms with Crippen LogP contribution in [0.25, 0.3) is 10.4 Å². The third kappa shape index (κ3) is 2.92. The van der Waals surface area contributed by atoms with E-state index >= 15 is 0 Å². The number of rotatable bonds is 2. The lowest BCUT2D eigenvalue weighted by molar-refractivity contribution is -0.348. The lowest BCUT2D eigenvalue weighted by Gasteiger charge is -2.32. The van der Waals surface area contributed by atoms with Crippen LogP contribution in [0.15, 0.2) is 10.5 Å². The minimum atomic E-state index is -6.21. The molecule has 0 aliphatic carbocycles. The summed E-state index contributed by atoms with van der Waals surface area (Å²) in [4.78, 5) is -0.108. The van der Waals surface area contributed by atoms with E-state index in [1.165, 1.54) is 13.8 Å². The molecule has 1 heterocycles. The number of nitrogens with zero attached hydrogens (tertiary/aromatic N) is 2. The van der Waals surface area contributed by atoms with E-state index in [1.807, 2.05) is 0 Å². The van der Waals surface area contributed by atoms with Gasteiger partial charge in [0.25, 0.3) is 0 Å². The third-order valence-electron chi connectivity index (χ3n) is 3.19. The Morgan fingerprint density at radius 3 is 2.00 bits per heavy atom. The smallest absolute Gasteiger partial charge is 0.218 e. The minimum Gasteiger partial charge on any atom is -0.218 e. The fourth-order valence-corrected chi connectivity index (χ4v) is 3.68. The van der Waals surface area contributed by atoms with Crippen molar-refractivity contribution in [3.05, 3.63) is 33.4 Å². The molecular formula is C13H7BrF7N2S. The number of hydrogen-bond acceptors (Lipinski definition) is 3. The maximum Gasteiger partial charge on any atom is 0.435 e. The first-order chi connectivity index (χ1) is 10.8. The van der Waals surface area contributed by atoms with E-state index < -0.39 is 29.1 Å². The second-order valence-corrected chi connectivity index (χ2v) is 6.44. The number of halogens is 8. The van der Waals surface area contributed by atoms with Crippen LogP contribution in [-0.4, -0.2) is 21.9 Å². The van der Waals surface area contributed by atoms with Crippen molar-refractivity contribution in [2.45, 2.75) is 31.9 Å². The van der Waals surface area contributed by atoms with Crippen LogP contribution in [0.1, 0.15) is 16.8 Å². The Kier molecular flexibility index (Phi) is 4.73. The van der Waals surface area contributed by atoms with Gasteiger partial charge in [-0.25, -0.2) is 4.39 Å². The molecule has 2 rings (SSSR count). The van der Waals surface area contributed by atoms with Crippen LogP contribution in [0.3, 0.4) is 0 Å². The quantitative estimate of drug-likeness (QED) is 0.567. The van der Waals surface area contributed by atoms with E-state index in [0.717, 1.165) is 0 Å². The Bertz CT molecular complexity index is 753. The van der Waals surface area contributed by atoms with Crippen LogP contribution < -0.4 is 0 Å². The summed E-state index contributed by atoms with van der Waals surface area (Å²) in [5.74, 6) is 0. The highest BCUT2D eigenvalue weighted by Gasteiger charge is 2.74. The number of benzene rings is 1. The average molecular weight is 436 g/mol. The summed E-state index contributed by atoms with van der Waals surface area (Å²) in [6.07, 6.45) is -12.4. The Hall–Kier alpha value is -1.23. The molecule has 0 unspecified atom stereocenters. The second kappa shape index (κ2) is 5.94. The van der Waals surface area contributed by atoms with Crippen LogP contribution in [0.5, 0.6) is 0 Å². The summed E-state index contributed by atoms with van der Waals surface area (Å²) in [5.41, 5.74) is -7.75. The van der Waals surface area contributed by atoms with Gasteiger partial charge in [-0.15, -0.1) is 5.10 Å². The van der Waals surface area contributed by atoms with Gasteiger partial charge < -0.3 is 0 Å². The summed E-state index contributed by atoms with van der Waals surface area (Å²) >= 11 is 3.44. The molecule has 131 valence electrons. The number of alkyl halides is 7. The van der Waals surface area contributed by atoms with Gasteiger partial charge in [-0.1, -0.05) is 10.6 Å². The van der Waals surface area contributed by atoms with Gasteiger partial charge in [-0.3, -0.25) is 0 Å². The molecule has 2 aromatic rings. The molecule has 0 atom stereocenters. The fourth-order valence-electron chi connectivity index (χ4n) is 2.10. The zero-order chi connectivity index (χ0) is 18.5. The predicted molar refractivity (Wildman–Crippen MR) is 76.3 cm³/mol. The van der Waals surface area contributed by atoms with Crippen molar-refractivity contribution in [1.82, 2.24) is 9.59 Å². The van der Waals surface area contributed by atoms with Crippen molar-refractivity contribution in [2.24, 2.45) is 0 Å². The molecule has 24 heavy (non-hydrogen) atoms. The van der Waals surface area contributed by atoms with Gasteiger partial charge in [0.05, 0.1) is 10.6 Å². The zero-order valence-electron chi connectivity index (χ0n) is 11.9. The summed E-state index contributed by atoms with van der Waals surface area (Å²) in [6.45, 7) is 2.55. The highest BCUT2D eigenvalue weighted by Crippen LogP contribution is 2.56. The molecule has 0 saturated heterocycles. The van der Waals surface area contributed by atoms with Crippen molar-refractivity contribution in [2.75, 3.05) is 0 Å². The first-order valence-electron chi connectivity index (χ1n) is 6.15. The monoisotopic (exact) mass is 435 g/mol. The van der Waals surface area contributed by atoms with E-state index in [1.54, 1.807) is 0 Å². The Morgan fingerprint density at radius 1 is 1.04 bits per heavy atom. The average Bonchev–Trinajstić information content (AvgIpc) is 2.80. The summed E-state index contributed by atoms with van der Waals surface area (Å²) < 4.78 is 96.5. The predicted octanol–water partition coefficient (Wildman–Crippen LogP) is 5.67. The second-order valence-electron chi connectivity index (χ2n) is 4.90. The van der Waals surface area contributed by atoms with Crippen LogP contribution in [0, 0.1) is 19.9 Å². The molecular weight excluding hydrogens is 429 g/mol. The van der Waals surface area contributed by atoms with Crippen molar-refractivity contribution in [3.8, 4) is 10.4 Å². The highest BCUT2D eigenvalue weighted by atomic mass is 79.9. The summed E-state index contributed by atoms with van der Waals surface area (Å²) in [7, 11) is 0. The Morgan fingerprint density at radius 2 is 1.58 bits per heavy atom. The van der Waals surface area contributed by atoms with Crippen LogP contribution >= 0.6 is 27.5 Å². The van der Waals surface area contributed by atoms with E-state index in [4.69, 9.17) is 0 Å². The van der Waals surface area contributed by atoms with Gasteiger partial charge in [0.15, 0.2) is 0 Å². The summed E-state index contributed by atoms with van der Waals surface area (Å²) in [6, 6.07) is 3.02. The molecule has 1 radical (unpaired) electrons. The third-order valence-corrected chi connectivity index (χ3v) is 4.63. The highest BCUT2D eigenvalue weighted by molar-refractivity contribution is 9.10. The van der Waals surface area contributed by atoms with E-state index in [0.29, 0.717) is 17.6 Å². The summed E-state index contributed by atoms with van der Waals surface area (Å²) in [5, 5.41) is 3.55. The van der Waals surface area contributed by atoms with Gasteiger partial charge in [0, 0.05) is 21.7 Å². The van der Waals surface area contributed by atoms with E-state index in [9.17, 15) is 30.7 Å². The van der Waals surface area contributed by atoms with Crippen LogP contribution in [0.4, 0.5) is 30.7 Å². The Balaban J connectivity index is 2.95. The molecule has 11 heteroatoms. The number of hydrogen-bond donors (Lipinski definition) is 0. The fraction of sp³-hybridized carbons (Fsp3) is 0.385. The molecule has 0 amide bonds. The number of aryl methyl sites for hydroxylation is 2. The zero-order valence-corrected chi connectivity index (χ0v) is 14.3. The van der Waals surface area contributed by atoms with Crippen LogP contribution in [0.2, 0.25) is 0 Å². The molecule has 0 spiro atoms. The van der Waals surface area contributed by atoms with Crippen molar-refractivity contribution >= 4 is 27.5 Å². The molecule has 1 aromatic carbocycles. The molecule has 0 N–H and O–H groups in total. The first kappa shape index (κ1) is 19.1. The van der Waals surface area contributed by atoms with Crippen LogP contribution in [-0.2, 0) is 5.67 Å². The lowest BCUT2D eigenvalue weighted by atomic mass is 9.87. The van der Waals surface area contributed by atoms with Crippen molar-refractivity contribution in [1.29, 1.82) is 0 Å². The molecule has 0 aliphatic heterocycles. The maximum absolute atomic E-state index is 14.6. The lowest BCUT2D eigenvalue weighted by Crippen LogP contribution is -2.50. The van der Waals surface area contributed by atoms with Gasteiger partial charge in [-0.05, 0) is 46.9 Å². The normalized spacial score (nSPS) is 13.4. The SMILES string of the molecule is Cc1[c]c(Br)c(-c2snnc2C)c(C(F)(C(F)(F)F)C(F)(F)F)c1. The molecule has 0 bridgehead atoms. The molecule has 1 aromatic heterocycles. The minimum absolute atomic E-state index is 0.0749. The molecule has 0 saturated carbocycles. The standard InChI is InChI=1S/C13H7BrF7N2S/c1-5-3-7(11(15,12(16,17)18)13(19,20)21)9(8(14)4-5)10-6(2)22-23-24-10/h3H,1-2H3. The van der Waals surface area contributed by atoms with Crippen molar-refractivity contribution < 1.29 is 30.7 Å². The molecule has 2 nitrogen and oxygen atoms in total. The largest absolute Gasteiger partial charge is 0.435 e. The molecule has 0 fully saturated rings. The maximum atomic E-state index is 14.6.